The fourth-order valence-electron chi connectivity index (χ4n) is 4.27. The van der Waals surface area contributed by atoms with E-state index in [9.17, 15) is 23.5 Å². The van der Waals surface area contributed by atoms with Gasteiger partial charge in [-0.15, -0.1) is 0 Å². The van der Waals surface area contributed by atoms with Gasteiger partial charge in [-0.25, -0.2) is 13.6 Å². The predicted molar refractivity (Wildman–Crippen MR) is 122 cm³/mol. The second-order valence-corrected chi connectivity index (χ2v) is 9.57. The van der Waals surface area contributed by atoms with Crippen LogP contribution in [0.15, 0.2) is 48.5 Å². The van der Waals surface area contributed by atoms with Gasteiger partial charge in [-0.3, -0.25) is 4.79 Å². The summed E-state index contributed by atoms with van der Waals surface area (Å²) < 4.78 is 39.3. The molecule has 0 bridgehead atoms. The second kappa shape index (κ2) is 11.0. The average Bonchev–Trinajstić information content (AvgIpc) is 3.22. The van der Waals surface area contributed by atoms with Gasteiger partial charge in [0.2, 0.25) is 0 Å². The molecule has 1 N–H and O–H groups in total. The molecule has 6 nitrogen and oxygen atoms in total. The number of likely N-dealkylation sites (tertiary alicyclic amines) is 1. The number of hydrogen-bond donors (Lipinski definition) is 1. The van der Waals surface area contributed by atoms with Crippen LogP contribution >= 0.6 is 0 Å². The van der Waals surface area contributed by atoms with Crippen molar-refractivity contribution in [1.82, 2.24) is 4.90 Å². The van der Waals surface area contributed by atoms with Crippen LogP contribution in [0.3, 0.4) is 0 Å². The molecular weight excluding hydrogens is 444 g/mol. The monoisotopic (exact) mass is 475 g/mol. The first kappa shape index (κ1) is 25.6. The van der Waals surface area contributed by atoms with Gasteiger partial charge in [0.15, 0.2) is 0 Å². The zero-order chi connectivity index (χ0) is 24.9. The third kappa shape index (κ3) is 7.00. The summed E-state index contributed by atoms with van der Waals surface area (Å²) in [5.41, 5.74) is 0.339. The molecule has 0 aromatic heterocycles. The van der Waals surface area contributed by atoms with Crippen LogP contribution in [0.1, 0.15) is 44.7 Å². The van der Waals surface area contributed by atoms with Gasteiger partial charge < -0.3 is 19.5 Å². The van der Waals surface area contributed by atoms with Crippen LogP contribution in [0.5, 0.6) is 0 Å². The summed E-state index contributed by atoms with van der Waals surface area (Å²) in [6.45, 7) is 5.82. The molecular formula is C26H31F2NO5. The molecule has 0 aliphatic carbocycles. The van der Waals surface area contributed by atoms with Gasteiger partial charge in [0.25, 0.3) is 0 Å². The first-order valence-electron chi connectivity index (χ1n) is 11.4. The number of rotatable bonds is 8. The van der Waals surface area contributed by atoms with Crippen molar-refractivity contribution >= 4 is 12.1 Å². The van der Waals surface area contributed by atoms with Gasteiger partial charge in [0, 0.05) is 12.6 Å². The summed E-state index contributed by atoms with van der Waals surface area (Å²) in [6, 6.07) is 11.7. The van der Waals surface area contributed by atoms with Gasteiger partial charge in [-0.05, 0) is 63.3 Å². The van der Waals surface area contributed by atoms with Crippen LogP contribution in [-0.2, 0) is 27.3 Å². The van der Waals surface area contributed by atoms with E-state index in [1.807, 2.05) is 30.3 Å². The van der Waals surface area contributed by atoms with Crippen LogP contribution in [-0.4, -0.2) is 46.4 Å². The van der Waals surface area contributed by atoms with Crippen molar-refractivity contribution in [2.75, 3.05) is 6.54 Å². The maximum atomic E-state index is 13.8. The Labute approximate surface area is 198 Å². The van der Waals surface area contributed by atoms with E-state index in [0.29, 0.717) is 19.4 Å². The molecule has 3 atom stereocenters. The van der Waals surface area contributed by atoms with Crippen molar-refractivity contribution in [3.63, 3.8) is 0 Å². The van der Waals surface area contributed by atoms with Crippen molar-refractivity contribution in [2.24, 2.45) is 5.92 Å². The van der Waals surface area contributed by atoms with E-state index in [2.05, 4.69) is 0 Å². The lowest BCUT2D eigenvalue weighted by Gasteiger charge is -2.36. The molecule has 1 fully saturated rings. The summed E-state index contributed by atoms with van der Waals surface area (Å²) in [5, 5.41) is 10.1. The maximum Gasteiger partial charge on any atom is 0.410 e. The smallest absolute Gasteiger partial charge is 0.410 e. The third-order valence-corrected chi connectivity index (χ3v) is 5.68. The molecule has 2 aromatic rings. The number of carbonyl (C=O) groups is 2. The Kier molecular flexibility index (Phi) is 8.25. The van der Waals surface area contributed by atoms with Gasteiger partial charge in [-0.1, -0.05) is 30.3 Å². The number of aliphatic carboxylic acids is 1. The van der Waals surface area contributed by atoms with E-state index < -0.39 is 47.4 Å². The fraction of sp³-hybridized carbons (Fsp3) is 0.462. The highest BCUT2D eigenvalue weighted by Gasteiger charge is 2.43. The SMILES string of the molecule is CC(C)(C)OC(=O)N1CCC[C@H]1[C@@H](OCc1ccccc1)[C@H](Cc1cc(F)cc(F)c1)C(=O)O. The molecule has 0 saturated carbocycles. The second-order valence-electron chi connectivity index (χ2n) is 9.57. The molecule has 34 heavy (non-hydrogen) atoms. The Morgan fingerprint density at radius 3 is 2.32 bits per heavy atom. The van der Waals surface area contributed by atoms with Crippen LogP contribution in [0.2, 0.25) is 0 Å². The molecule has 3 rings (SSSR count). The Morgan fingerprint density at radius 2 is 1.74 bits per heavy atom. The van der Waals surface area contributed by atoms with Gasteiger partial charge >= 0.3 is 12.1 Å². The Balaban J connectivity index is 1.91. The zero-order valence-corrected chi connectivity index (χ0v) is 19.7. The summed E-state index contributed by atoms with van der Waals surface area (Å²) in [5.74, 6) is -3.87. The quantitative estimate of drug-likeness (QED) is 0.569. The summed E-state index contributed by atoms with van der Waals surface area (Å²) in [4.78, 5) is 26.8. The van der Waals surface area contributed by atoms with Crippen LogP contribution in [0, 0.1) is 17.6 Å². The van der Waals surface area contributed by atoms with Crippen molar-refractivity contribution in [3.05, 3.63) is 71.3 Å². The molecule has 184 valence electrons. The molecule has 2 aromatic carbocycles. The Bertz CT molecular complexity index is 972. The standard InChI is InChI=1S/C26H31F2NO5/c1-26(2,3)34-25(32)29-11-7-10-22(29)23(33-16-17-8-5-4-6-9-17)21(24(30)31)14-18-12-19(27)15-20(28)13-18/h4-6,8-9,12-13,15,21-23H,7,10-11,14,16H2,1-3H3,(H,30,31)/t21-,22-,23-/m0/s1. The first-order valence-corrected chi connectivity index (χ1v) is 11.4. The largest absolute Gasteiger partial charge is 0.481 e. The fourth-order valence-corrected chi connectivity index (χ4v) is 4.27. The lowest BCUT2D eigenvalue weighted by molar-refractivity contribution is -0.151. The van der Waals surface area contributed by atoms with E-state index in [0.717, 1.165) is 23.8 Å². The average molecular weight is 476 g/mol. The molecule has 1 saturated heterocycles. The Morgan fingerprint density at radius 1 is 1.09 bits per heavy atom. The van der Waals surface area contributed by atoms with E-state index in [4.69, 9.17) is 9.47 Å². The highest BCUT2D eigenvalue weighted by Crippen LogP contribution is 2.31. The van der Waals surface area contributed by atoms with E-state index in [1.54, 1.807) is 20.8 Å². The van der Waals surface area contributed by atoms with Gasteiger partial charge in [-0.2, -0.15) is 0 Å². The number of carbonyl (C=O) groups excluding carboxylic acids is 1. The van der Waals surface area contributed by atoms with Crippen molar-refractivity contribution < 1.29 is 33.0 Å². The third-order valence-electron chi connectivity index (χ3n) is 5.68. The van der Waals surface area contributed by atoms with E-state index in [-0.39, 0.29) is 18.6 Å². The number of halogens is 2. The van der Waals surface area contributed by atoms with Crippen molar-refractivity contribution in [3.8, 4) is 0 Å². The minimum Gasteiger partial charge on any atom is -0.481 e. The predicted octanol–water partition coefficient (Wildman–Crippen LogP) is 5.19. The molecule has 0 spiro atoms. The zero-order valence-electron chi connectivity index (χ0n) is 19.7. The summed E-state index contributed by atoms with van der Waals surface area (Å²) in [7, 11) is 0. The number of carboxylic acid groups (broad SMARTS) is 1. The number of carboxylic acids is 1. The van der Waals surface area contributed by atoms with Crippen molar-refractivity contribution in [2.45, 2.75) is 64.4 Å². The van der Waals surface area contributed by atoms with Crippen LogP contribution in [0.4, 0.5) is 13.6 Å². The highest BCUT2D eigenvalue weighted by molar-refractivity contribution is 5.72. The molecule has 1 heterocycles. The lowest BCUT2D eigenvalue weighted by atomic mass is 9.88. The van der Waals surface area contributed by atoms with Crippen LogP contribution in [0.25, 0.3) is 0 Å². The Hall–Kier alpha value is -3.00. The van der Waals surface area contributed by atoms with E-state index in [1.165, 1.54) is 4.90 Å². The molecule has 1 aliphatic rings. The molecule has 0 radical (unpaired) electrons. The molecule has 8 heteroatoms. The number of benzene rings is 2. The topological polar surface area (TPSA) is 76.1 Å². The maximum absolute atomic E-state index is 13.8. The van der Waals surface area contributed by atoms with E-state index >= 15 is 0 Å². The number of ether oxygens (including phenoxy) is 2. The van der Waals surface area contributed by atoms with Gasteiger partial charge in [0.05, 0.1) is 24.7 Å². The molecule has 0 unspecified atom stereocenters. The first-order chi connectivity index (χ1) is 16.0. The minimum absolute atomic E-state index is 0.130. The highest BCUT2D eigenvalue weighted by atomic mass is 19.1. The molecule has 1 aliphatic heterocycles. The normalized spacial score (nSPS) is 17.9. The number of amides is 1. The van der Waals surface area contributed by atoms with Crippen molar-refractivity contribution in [1.29, 1.82) is 0 Å². The van der Waals surface area contributed by atoms with Gasteiger partial charge in [0.1, 0.15) is 17.2 Å². The number of nitrogens with zero attached hydrogens (tertiary/aromatic N) is 1. The minimum atomic E-state index is -1.17. The van der Waals surface area contributed by atoms with Crippen LogP contribution < -0.4 is 0 Å². The summed E-state index contributed by atoms with van der Waals surface area (Å²) in [6.07, 6.45) is -0.415. The summed E-state index contributed by atoms with van der Waals surface area (Å²) >= 11 is 0. The lowest BCUT2D eigenvalue weighted by Crippen LogP contribution is -2.50. The number of hydrogen-bond acceptors (Lipinski definition) is 4. The molecule has 1 amide bonds.